The molecule has 0 atom stereocenters. The molecule has 0 fully saturated rings. The molecule has 2 nitrogen and oxygen atoms in total. The topological polar surface area (TPSA) is 9.86 Å². The zero-order valence-corrected chi connectivity index (χ0v) is 20.4. The van der Waals surface area contributed by atoms with E-state index in [1.54, 1.807) is 0 Å². The Morgan fingerprint density at radius 3 is 1.64 bits per heavy atom. The highest BCUT2D eigenvalue weighted by Gasteiger charge is 2.21. The van der Waals surface area contributed by atoms with Crippen LogP contribution in [0.4, 0.5) is 0 Å². The highest BCUT2D eigenvalue weighted by atomic mass is 15.1. The van der Waals surface area contributed by atoms with E-state index in [4.69, 9.17) is 0 Å². The van der Waals surface area contributed by atoms with Crippen molar-refractivity contribution in [3.63, 3.8) is 0 Å². The van der Waals surface area contributed by atoms with Gasteiger partial charge in [0.05, 0.1) is 16.7 Å². The van der Waals surface area contributed by atoms with Gasteiger partial charge in [-0.05, 0) is 65.1 Å². The maximum absolute atomic E-state index is 2.44. The van der Waals surface area contributed by atoms with Crippen LogP contribution in [0.2, 0.25) is 0 Å². The normalized spacial score (nSPS) is 11.6. The third-order valence-corrected chi connectivity index (χ3v) is 7.46. The van der Waals surface area contributed by atoms with Gasteiger partial charge in [0.2, 0.25) is 0 Å². The fourth-order valence-corrected chi connectivity index (χ4v) is 5.68. The average Bonchev–Trinajstić information content (AvgIpc) is 3.42. The number of rotatable bonds is 3. The Kier molecular flexibility index (Phi) is 4.62. The Morgan fingerprint density at radius 1 is 0.500 bits per heavy atom. The lowest BCUT2D eigenvalue weighted by Gasteiger charge is -2.12. The van der Waals surface area contributed by atoms with Crippen LogP contribution in [0.1, 0.15) is 5.56 Å². The van der Waals surface area contributed by atoms with Gasteiger partial charge in [-0.25, -0.2) is 0 Å². The van der Waals surface area contributed by atoms with Gasteiger partial charge in [-0.15, -0.1) is 0 Å². The first-order valence-electron chi connectivity index (χ1n) is 12.4. The minimum atomic E-state index is 1.22. The van der Waals surface area contributed by atoms with Gasteiger partial charge in [-0.2, -0.15) is 0 Å². The lowest BCUT2D eigenvalue weighted by Crippen LogP contribution is -2.01. The molecular formula is C34H26N2. The van der Waals surface area contributed by atoms with Gasteiger partial charge in [0.25, 0.3) is 0 Å². The molecule has 0 spiro atoms. The number of aromatic nitrogens is 2. The quantitative estimate of drug-likeness (QED) is 0.248. The lowest BCUT2D eigenvalue weighted by molar-refractivity contribution is 0.959. The van der Waals surface area contributed by atoms with Crippen molar-refractivity contribution in [2.75, 3.05) is 0 Å². The second-order valence-electron chi connectivity index (χ2n) is 9.58. The predicted molar refractivity (Wildman–Crippen MR) is 153 cm³/mol. The number of hydrogen-bond donors (Lipinski definition) is 0. The molecule has 5 aromatic carbocycles. The van der Waals surface area contributed by atoms with Crippen LogP contribution in [0.25, 0.3) is 60.8 Å². The Morgan fingerprint density at radius 2 is 1.03 bits per heavy atom. The van der Waals surface area contributed by atoms with E-state index >= 15 is 0 Å². The SMILES string of the molecule is Cc1ccccc1-n1c2ccc(-c3ccccc3)cc2c2c3cc(-c4ccccc4)ccc3n(C)c21. The summed E-state index contributed by atoms with van der Waals surface area (Å²) in [6.45, 7) is 2.20. The van der Waals surface area contributed by atoms with Gasteiger partial charge in [0, 0.05) is 23.2 Å². The van der Waals surface area contributed by atoms with E-state index in [9.17, 15) is 0 Å². The fourth-order valence-electron chi connectivity index (χ4n) is 5.68. The second kappa shape index (κ2) is 8.00. The number of hydrogen-bond acceptors (Lipinski definition) is 0. The monoisotopic (exact) mass is 462 g/mol. The van der Waals surface area contributed by atoms with E-state index in [1.807, 2.05) is 0 Å². The van der Waals surface area contributed by atoms with E-state index in [2.05, 4.69) is 144 Å². The molecule has 172 valence electrons. The Balaban J connectivity index is 1.63. The van der Waals surface area contributed by atoms with E-state index in [-0.39, 0.29) is 0 Å². The summed E-state index contributed by atoms with van der Waals surface area (Å²) in [6.07, 6.45) is 0. The Hall–Kier alpha value is -4.56. The minimum Gasteiger partial charge on any atom is -0.329 e. The Labute approximate surface area is 210 Å². The molecule has 0 radical (unpaired) electrons. The summed E-state index contributed by atoms with van der Waals surface area (Å²) < 4.78 is 4.80. The Bertz CT molecular complexity index is 1890. The number of fused-ring (bicyclic) bond motifs is 5. The third kappa shape index (κ3) is 3.04. The first-order chi connectivity index (χ1) is 17.7. The average molecular weight is 463 g/mol. The van der Waals surface area contributed by atoms with E-state index in [1.165, 1.54) is 66.3 Å². The first kappa shape index (κ1) is 20.8. The molecule has 0 amide bonds. The molecule has 0 aliphatic heterocycles. The van der Waals surface area contributed by atoms with Gasteiger partial charge >= 0.3 is 0 Å². The van der Waals surface area contributed by atoms with Crippen LogP contribution in [0.15, 0.2) is 121 Å². The molecule has 36 heavy (non-hydrogen) atoms. The van der Waals surface area contributed by atoms with Crippen LogP contribution in [0.5, 0.6) is 0 Å². The van der Waals surface area contributed by atoms with Crippen molar-refractivity contribution in [3.8, 4) is 27.9 Å². The standard InChI is InChI=1S/C34H26N2/c1-23-11-9-10-16-30(23)36-32-20-18-27(25-14-7-4-8-15-25)22-29(32)33-28-21-26(24-12-5-3-6-13-24)17-19-31(28)35(2)34(33)36/h3-22H,1-2H3. The van der Waals surface area contributed by atoms with E-state index < -0.39 is 0 Å². The molecular weight excluding hydrogens is 436 g/mol. The predicted octanol–water partition coefficient (Wildman–Crippen LogP) is 8.92. The van der Waals surface area contributed by atoms with Crippen molar-refractivity contribution in [2.24, 2.45) is 7.05 Å². The van der Waals surface area contributed by atoms with Crippen LogP contribution in [0.3, 0.4) is 0 Å². The molecule has 0 saturated heterocycles. The summed E-state index contributed by atoms with van der Waals surface area (Å²) in [5, 5.41) is 3.88. The highest BCUT2D eigenvalue weighted by Crippen LogP contribution is 2.41. The molecule has 0 aliphatic rings. The van der Waals surface area contributed by atoms with Crippen molar-refractivity contribution >= 4 is 32.8 Å². The van der Waals surface area contributed by atoms with Crippen LogP contribution in [0, 0.1) is 6.92 Å². The van der Waals surface area contributed by atoms with Gasteiger partial charge < -0.3 is 4.57 Å². The largest absolute Gasteiger partial charge is 0.329 e. The number of aryl methyl sites for hydroxylation is 2. The zero-order chi connectivity index (χ0) is 24.2. The van der Waals surface area contributed by atoms with E-state index in [0.717, 1.165) is 0 Å². The highest BCUT2D eigenvalue weighted by molar-refractivity contribution is 6.22. The first-order valence-corrected chi connectivity index (χ1v) is 12.4. The lowest BCUT2D eigenvalue weighted by atomic mass is 10.0. The molecule has 7 aromatic rings. The smallest absolute Gasteiger partial charge is 0.126 e. The number of benzene rings is 5. The maximum Gasteiger partial charge on any atom is 0.126 e. The van der Waals surface area contributed by atoms with Crippen molar-refractivity contribution in [1.29, 1.82) is 0 Å². The number of para-hydroxylation sites is 1. The summed E-state index contributed by atoms with van der Waals surface area (Å²) in [5.74, 6) is 0. The fraction of sp³-hybridized carbons (Fsp3) is 0.0588. The van der Waals surface area contributed by atoms with Gasteiger partial charge in [-0.3, -0.25) is 4.57 Å². The second-order valence-corrected chi connectivity index (χ2v) is 9.58. The molecule has 2 aromatic heterocycles. The summed E-state index contributed by atoms with van der Waals surface area (Å²) in [7, 11) is 2.19. The summed E-state index contributed by atoms with van der Waals surface area (Å²) >= 11 is 0. The van der Waals surface area contributed by atoms with Crippen LogP contribution < -0.4 is 0 Å². The molecule has 2 heteroatoms. The molecule has 0 N–H and O–H groups in total. The van der Waals surface area contributed by atoms with Crippen LogP contribution >= 0.6 is 0 Å². The van der Waals surface area contributed by atoms with Crippen molar-refractivity contribution < 1.29 is 0 Å². The van der Waals surface area contributed by atoms with Crippen LogP contribution in [-0.2, 0) is 7.05 Å². The molecule has 0 bridgehead atoms. The molecule has 0 saturated carbocycles. The van der Waals surface area contributed by atoms with Crippen molar-refractivity contribution in [3.05, 3.63) is 127 Å². The van der Waals surface area contributed by atoms with Crippen LogP contribution in [-0.4, -0.2) is 9.13 Å². The molecule has 2 heterocycles. The third-order valence-electron chi connectivity index (χ3n) is 7.46. The zero-order valence-electron chi connectivity index (χ0n) is 20.4. The van der Waals surface area contributed by atoms with Crippen molar-refractivity contribution in [1.82, 2.24) is 9.13 Å². The summed E-state index contributed by atoms with van der Waals surface area (Å²) in [5.41, 5.74) is 11.1. The van der Waals surface area contributed by atoms with Gasteiger partial charge in [-0.1, -0.05) is 91.0 Å². The molecule has 7 rings (SSSR count). The maximum atomic E-state index is 2.44. The molecule has 0 unspecified atom stereocenters. The minimum absolute atomic E-state index is 1.22. The summed E-state index contributed by atoms with van der Waals surface area (Å²) in [6, 6.07) is 43.8. The van der Waals surface area contributed by atoms with Gasteiger partial charge in [0.15, 0.2) is 0 Å². The number of nitrogens with zero attached hydrogens (tertiary/aromatic N) is 2. The summed E-state index contributed by atoms with van der Waals surface area (Å²) in [4.78, 5) is 0. The van der Waals surface area contributed by atoms with Crippen molar-refractivity contribution in [2.45, 2.75) is 6.92 Å². The van der Waals surface area contributed by atoms with Gasteiger partial charge in [0.1, 0.15) is 5.65 Å². The van der Waals surface area contributed by atoms with E-state index in [0.29, 0.717) is 0 Å². The molecule has 0 aliphatic carbocycles.